The fourth-order valence-corrected chi connectivity index (χ4v) is 3.61. The molecular weight excluding hydrogens is 551 g/mol. The summed E-state index contributed by atoms with van der Waals surface area (Å²) in [5.74, 6) is 0. The molecule has 1 radical (unpaired) electrons. The van der Waals surface area contributed by atoms with Crippen LogP contribution in [0.15, 0.2) is 24.3 Å². The number of aliphatic hydroxyl groups excluding tert-OH is 2. The van der Waals surface area contributed by atoms with Gasteiger partial charge in [-0.25, -0.2) is 0 Å². The van der Waals surface area contributed by atoms with E-state index in [2.05, 4.69) is 71.9 Å². The molecular formula is C26H34IrNO2-. The van der Waals surface area contributed by atoms with Crippen molar-refractivity contribution in [3.05, 3.63) is 63.7 Å². The first kappa shape index (κ1) is 26.5. The Labute approximate surface area is 194 Å². The van der Waals surface area contributed by atoms with Crippen molar-refractivity contribution in [1.82, 2.24) is 4.98 Å². The number of hydrogen-bond acceptors (Lipinski definition) is 3. The molecule has 0 aliphatic rings. The molecule has 2 aromatic carbocycles. The molecule has 3 nitrogen and oxygen atoms in total. The van der Waals surface area contributed by atoms with Crippen LogP contribution >= 0.6 is 0 Å². The second-order valence-corrected chi connectivity index (χ2v) is 8.37. The van der Waals surface area contributed by atoms with E-state index in [0.717, 1.165) is 16.8 Å². The van der Waals surface area contributed by atoms with Gasteiger partial charge in [-0.2, -0.15) is 0 Å². The van der Waals surface area contributed by atoms with Gasteiger partial charge in [0.15, 0.2) is 0 Å². The molecule has 3 rings (SSSR count). The van der Waals surface area contributed by atoms with Crippen molar-refractivity contribution in [3.8, 4) is 11.3 Å². The summed E-state index contributed by atoms with van der Waals surface area (Å²) < 4.78 is 0. The zero-order chi connectivity index (χ0) is 21.9. The van der Waals surface area contributed by atoms with Crippen molar-refractivity contribution < 1.29 is 30.3 Å². The van der Waals surface area contributed by atoms with Gasteiger partial charge in [0, 0.05) is 25.5 Å². The molecule has 165 valence electrons. The van der Waals surface area contributed by atoms with E-state index in [1.807, 2.05) is 0 Å². The second kappa shape index (κ2) is 11.2. The summed E-state index contributed by atoms with van der Waals surface area (Å²) in [6.07, 6.45) is -0.278. The van der Waals surface area contributed by atoms with Gasteiger partial charge in [-0.3, -0.25) is 4.98 Å². The fraction of sp³-hybridized carbons (Fsp3) is 0.423. The molecule has 2 unspecified atom stereocenters. The van der Waals surface area contributed by atoms with E-state index in [9.17, 15) is 0 Å². The molecule has 0 bridgehead atoms. The molecule has 0 saturated heterocycles. The summed E-state index contributed by atoms with van der Waals surface area (Å²) in [5.41, 5.74) is 10.7. The van der Waals surface area contributed by atoms with E-state index in [0.29, 0.717) is 6.42 Å². The maximum absolute atomic E-state index is 8.56. The Balaban J connectivity index is 0.000000489. The Morgan fingerprint density at radius 1 is 0.800 bits per heavy atom. The van der Waals surface area contributed by atoms with Crippen LogP contribution in [0.5, 0.6) is 0 Å². The van der Waals surface area contributed by atoms with Crippen molar-refractivity contribution in [2.75, 3.05) is 0 Å². The minimum atomic E-state index is -0.375. The molecule has 0 saturated carbocycles. The summed E-state index contributed by atoms with van der Waals surface area (Å²) in [6, 6.07) is 12.4. The first-order valence-corrected chi connectivity index (χ1v) is 10.2. The third-order valence-electron chi connectivity index (χ3n) is 5.13. The average Bonchev–Trinajstić information content (AvgIpc) is 2.58. The van der Waals surface area contributed by atoms with Crippen LogP contribution < -0.4 is 0 Å². The molecule has 1 aromatic heterocycles. The number of rotatable bonds is 3. The number of aryl methyl sites for hydroxylation is 6. The molecule has 0 amide bonds. The fourth-order valence-electron chi connectivity index (χ4n) is 3.61. The SMILES string of the molecule is CC(O)CC(C)O.Cc1cc(C)c2cc(C)c(-c3[c-]c(C)c(C)cc3C)nc2c1.[Ir]. The Morgan fingerprint density at radius 2 is 1.40 bits per heavy atom. The topological polar surface area (TPSA) is 53.4 Å². The van der Waals surface area contributed by atoms with Gasteiger partial charge >= 0.3 is 0 Å². The Bertz CT molecular complexity index is 1000. The van der Waals surface area contributed by atoms with Crippen LogP contribution in [0.3, 0.4) is 0 Å². The van der Waals surface area contributed by atoms with Gasteiger partial charge in [-0.15, -0.1) is 34.4 Å². The largest absolute Gasteiger partial charge is 0.393 e. The molecule has 0 aliphatic carbocycles. The van der Waals surface area contributed by atoms with Crippen LogP contribution in [0.1, 0.15) is 53.6 Å². The number of benzene rings is 2. The van der Waals surface area contributed by atoms with Crippen LogP contribution in [-0.2, 0) is 20.1 Å². The Kier molecular flexibility index (Phi) is 9.84. The first-order chi connectivity index (χ1) is 13.5. The molecule has 2 atom stereocenters. The maximum Gasteiger partial charge on any atom is 0.0600 e. The van der Waals surface area contributed by atoms with Gasteiger partial charge in [0.2, 0.25) is 0 Å². The van der Waals surface area contributed by atoms with E-state index in [1.165, 1.54) is 38.8 Å². The molecule has 3 aromatic rings. The standard InChI is InChI=1S/C21H22N.C5H12O2.Ir/c1-12-7-15(4)18-11-17(6)21(22-20(18)8-12)19-10-14(3)13(2)9-16(19)5;1-4(6)3-5(2)7;/h7-9,11H,1-6H3;4-7H,3H2,1-2H3;/q-1;;. The van der Waals surface area contributed by atoms with E-state index in [1.54, 1.807) is 13.8 Å². The predicted octanol–water partition coefficient (Wildman–Crippen LogP) is 5.69. The van der Waals surface area contributed by atoms with Crippen LogP contribution in [0.2, 0.25) is 0 Å². The van der Waals surface area contributed by atoms with E-state index in [-0.39, 0.29) is 32.3 Å². The summed E-state index contributed by atoms with van der Waals surface area (Å²) in [4.78, 5) is 4.97. The maximum atomic E-state index is 8.56. The van der Waals surface area contributed by atoms with Crippen molar-refractivity contribution in [1.29, 1.82) is 0 Å². The van der Waals surface area contributed by atoms with Gasteiger partial charge in [0.05, 0.1) is 17.7 Å². The van der Waals surface area contributed by atoms with Crippen LogP contribution in [0.4, 0.5) is 0 Å². The van der Waals surface area contributed by atoms with Crippen molar-refractivity contribution >= 4 is 10.9 Å². The quantitative estimate of drug-likeness (QED) is 0.389. The molecule has 0 aliphatic heterocycles. The second-order valence-electron chi connectivity index (χ2n) is 8.37. The van der Waals surface area contributed by atoms with E-state index >= 15 is 0 Å². The smallest absolute Gasteiger partial charge is 0.0600 e. The third-order valence-corrected chi connectivity index (χ3v) is 5.13. The number of fused-ring (bicyclic) bond motifs is 1. The average molecular weight is 585 g/mol. The predicted molar refractivity (Wildman–Crippen MR) is 122 cm³/mol. The Morgan fingerprint density at radius 3 is 1.93 bits per heavy atom. The normalized spacial score (nSPS) is 12.6. The van der Waals surface area contributed by atoms with Gasteiger partial charge < -0.3 is 10.2 Å². The Hall–Kier alpha value is -1.58. The van der Waals surface area contributed by atoms with Crippen LogP contribution in [0.25, 0.3) is 22.2 Å². The third kappa shape index (κ3) is 6.72. The van der Waals surface area contributed by atoms with Gasteiger partial charge in [0.25, 0.3) is 0 Å². The minimum Gasteiger partial charge on any atom is -0.393 e. The minimum absolute atomic E-state index is 0. The zero-order valence-electron chi connectivity index (χ0n) is 19.3. The van der Waals surface area contributed by atoms with Crippen LogP contribution in [0, 0.1) is 47.6 Å². The zero-order valence-corrected chi connectivity index (χ0v) is 21.7. The molecule has 0 spiro atoms. The summed E-state index contributed by atoms with van der Waals surface area (Å²) in [6.45, 7) is 16.1. The summed E-state index contributed by atoms with van der Waals surface area (Å²) in [5, 5.41) is 18.4. The van der Waals surface area contributed by atoms with E-state index < -0.39 is 0 Å². The molecule has 4 heteroatoms. The van der Waals surface area contributed by atoms with E-state index in [4.69, 9.17) is 15.2 Å². The van der Waals surface area contributed by atoms with Gasteiger partial charge in [-0.1, -0.05) is 38.5 Å². The van der Waals surface area contributed by atoms with Crippen molar-refractivity contribution in [3.63, 3.8) is 0 Å². The monoisotopic (exact) mass is 585 g/mol. The van der Waals surface area contributed by atoms with Gasteiger partial charge in [0.1, 0.15) is 0 Å². The number of aliphatic hydroxyl groups is 2. The number of pyridine rings is 1. The van der Waals surface area contributed by atoms with Crippen LogP contribution in [-0.4, -0.2) is 27.4 Å². The molecule has 2 N–H and O–H groups in total. The number of aromatic nitrogens is 1. The number of hydrogen-bond donors (Lipinski definition) is 2. The van der Waals surface area contributed by atoms with Crippen molar-refractivity contribution in [2.45, 2.75) is 74.0 Å². The van der Waals surface area contributed by atoms with Gasteiger partial charge in [-0.05, 0) is 63.9 Å². The molecule has 0 fully saturated rings. The molecule has 1 heterocycles. The summed E-state index contributed by atoms with van der Waals surface area (Å²) >= 11 is 0. The van der Waals surface area contributed by atoms with Crippen molar-refractivity contribution in [2.24, 2.45) is 0 Å². The number of nitrogens with zero attached hydrogens (tertiary/aromatic N) is 1. The molecule has 30 heavy (non-hydrogen) atoms. The summed E-state index contributed by atoms with van der Waals surface area (Å²) in [7, 11) is 0. The first-order valence-electron chi connectivity index (χ1n) is 10.2.